The van der Waals surface area contributed by atoms with Gasteiger partial charge in [0, 0.05) is 12.1 Å². The number of nitrogens with one attached hydrogen (secondary N) is 1. The molecule has 1 aromatic heterocycles. The smallest absolute Gasteiger partial charge is 0.130 e. The molecule has 16 heavy (non-hydrogen) atoms. The Kier molecular flexibility index (Phi) is 5.90. The molecule has 1 heterocycles. The van der Waals surface area contributed by atoms with Crippen LogP contribution in [0.25, 0.3) is 0 Å². The summed E-state index contributed by atoms with van der Waals surface area (Å²) < 4.78 is 11.0. The van der Waals surface area contributed by atoms with Crippen LogP contribution in [0.15, 0.2) is 23.1 Å². The zero-order valence-corrected chi connectivity index (χ0v) is 10.2. The Morgan fingerprint density at radius 3 is 3.06 bits per heavy atom. The van der Waals surface area contributed by atoms with Gasteiger partial charge < -0.3 is 14.5 Å². The Labute approximate surface area is 97.5 Å². The zero-order valence-electron chi connectivity index (χ0n) is 10.2. The lowest BCUT2D eigenvalue weighted by Crippen LogP contribution is -2.11. The van der Waals surface area contributed by atoms with Gasteiger partial charge >= 0.3 is 0 Å². The quantitative estimate of drug-likeness (QED) is 0.543. The molecule has 0 aliphatic carbocycles. The van der Waals surface area contributed by atoms with Crippen LogP contribution in [0.2, 0.25) is 0 Å². The molecule has 90 valence electrons. The molecule has 0 unspecified atom stereocenters. The third-order valence-corrected chi connectivity index (χ3v) is 2.35. The summed E-state index contributed by atoms with van der Waals surface area (Å²) in [6.07, 6.45) is 2.73. The first kappa shape index (κ1) is 13.0. The summed E-state index contributed by atoms with van der Waals surface area (Å²) in [7, 11) is 0. The zero-order chi connectivity index (χ0) is 11.8. The van der Waals surface area contributed by atoms with E-state index in [1.807, 2.05) is 13.0 Å². The second-order valence-electron chi connectivity index (χ2n) is 3.70. The van der Waals surface area contributed by atoms with Crippen molar-refractivity contribution < 1.29 is 9.15 Å². The van der Waals surface area contributed by atoms with Crippen molar-refractivity contribution in [1.82, 2.24) is 5.32 Å². The second-order valence-corrected chi connectivity index (χ2v) is 3.70. The summed E-state index contributed by atoms with van der Waals surface area (Å²) in [5.41, 5.74) is 1.21. The van der Waals surface area contributed by atoms with Crippen LogP contribution in [-0.2, 0) is 17.9 Å². The van der Waals surface area contributed by atoms with E-state index in [9.17, 15) is 0 Å². The first-order valence-corrected chi connectivity index (χ1v) is 5.75. The van der Waals surface area contributed by atoms with Crippen LogP contribution in [0.3, 0.4) is 0 Å². The molecule has 0 saturated heterocycles. The van der Waals surface area contributed by atoms with Crippen LogP contribution in [-0.4, -0.2) is 13.2 Å². The van der Waals surface area contributed by atoms with Crippen molar-refractivity contribution >= 4 is 0 Å². The summed E-state index contributed by atoms with van der Waals surface area (Å²) >= 11 is 0. The van der Waals surface area contributed by atoms with E-state index in [0.717, 1.165) is 31.0 Å². The topological polar surface area (TPSA) is 34.4 Å². The number of furan rings is 1. The number of ether oxygens (including phenoxy) is 1. The lowest BCUT2D eigenvalue weighted by molar-refractivity contribution is 0.109. The second kappa shape index (κ2) is 7.25. The lowest BCUT2D eigenvalue weighted by atomic mass is 10.2. The molecule has 0 saturated carbocycles. The fraction of sp³-hybridized carbons (Fsp3) is 0.538. The van der Waals surface area contributed by atoms with Crippen LogP contribution < -0.4 is 5.32 Å². The van der Waals surface area contributed by atoms with E-state index >= 15 is 0 Å². The maximum Gasteiger partial charge on any atom is 0.130 e. The molecule has 0 atom stereocenters. The predicted molar refractivity (Wildman–Crippen MR) is 65.3 cm³/mol. The predicted octanol–water partition coefficient (Wildman–Crippen LogP) is 2.79. The van der Waals surface area contributed by atoms with E-state index in [-0.39, 0.29) is 0 Å². The van der Waals surface area contributed by atoms with Gasteiger partial charge in [-0.1, -0.05) is 13.0 Å². The highest BCUT2D eigenvalue weighted by molar-refractivity contribution is 5.20. The van der Waals surface area contributed by atoms with E-state index in [2.05, 4.69) is 24.9 Å². The van der Waals surface area contributed by atoms with Gasteiger partial charge in [0.05, 0.1) is 6.61 Å². The number of hydrogen-bond donors (Lipinski definition) is 1. The van der Waals surface area contributed by atoms with Gasteiger partial charge in [0.25, 0.3) is 0 Å². The van der Waals surface area contributed by atoms with Crippen molar-refractivity contribution in [3.63, 3.8) is 0 Å². The van der Waals surface area contributed by atoms with Gasteiger partial charge in [0.2, 0.25) is 0 Å². The average molecular weight is 223 g/mol. The number of rotatable bonds is 8. The van der Waals surface area contributed by atoms with E-state index in [1.165, 1.54) is 5.56 Å². The Hall–Kier alpha value is -1.06. The van der Waals surface area contributed by atoms with Crippen LogP contribution in [0.5, 0.6) is 0 Å². The van der Waals surface area contributed by atoms with E-state index in [4.69, 9.17) is 9.15 Å². The van der Waals surface area contributed by atoms with Gasteiger partial charge in [-0.05, 0) is 26.0 Å². The van der Waals surface area contributed by atoms with Crippen molar-refractivity contribution in [3.05, 3.63) is 35.8 Å². The highest BCUT2D eigenvalue weighted by atomic mass is 16.5. The maximum atomic E-state index is 5.60. The molecular formula is C13H21NO2. The third-order valence-electron chi connectivity index (χ3n) is 2.35. The molecule has 0 aliphatic rings. The Balaban J connectivity index is 2.39. The Morgan fingerprint density at radius 2 is 2.38 bits per heavy atom. The van der Waals surface area contributed by atoms with Gasteiger partial charge in [-0.2, -0.15) is 0 Å². The average Bonchev–Trinajstić information content (AvgIpc) is 2.63. The minimum Gasteiger partial charge on any atom is -0.464 e. The SMILES string of the molecule is C=CCCOCc1cc(CNCC)c(C)o1. The molecule has 0 spiro atoms. The molecule has 0 aliphatic heterocycles. The van der Waals surface area contributed by atoms with Crippen molar-refractivity contribution in [2.75, 3.05) is 13.2 Å². The molecular weight excluding hydrogens is 202 g/mol. The molecule has 0 bridgehead atoms. The molecule has 0 fully saturated rings. The van der Waals surface area contributed by atoms with Crippen molar-refractivity contribution in [2.45, 2.75) is 33.4 Å². The number of hydrogen-bond acceptors (Lipinski definition) is 3. The molecule has 0 radical (unpaired) electrons. The molecule has 1 aromatic rings. The first-order valence-electron chi connectivity index (χ1n) is 5.75. The van der Waals surface area contributed by atoms with Gasteiger partial charge in [0.1, 0.15) is 18.1 Å². The largest absolute Gasteiger partial charge is 0.464 e. The molecule has 1 N–H and O–H groups in total. The van der Waals surface area contributed by atoms with Crippen LogP contribution in [0, 0.1) is 6.92 Å². The lowest BCUT2D eigenvalue weighted by Gasteiger charge is -1.98. The Bertz CT molecular complexity index is 318. The maximum absolute atomic E-state index is 5.60. The summed E-state index contributed by atoms with van der Waals surface area (Å²) in [6, 6.07) is 2.06. The fourth-order valence-electron chi connectivity index (χ4n) is 1.43. The fourth-order valence-corrected chi connectivity index (χ4v) is 1.43. The summed E-state index contributed by atoms with van der Waals surface area (Å²) in [6.45, 7) is 10.8. The summed E-state index contributed by atoms with van der Waals surface area (Å²) in [5.74, 6) is 1.87. The van der Waals surface area contributed by atoms with E-state index in [0.29, 0.717) is 13.2 Å². The minimum absolute atomic E-state index is 0.542. The van der Waals surface area contributed by atoms with Crippen LogP contribution in [0.1, 0.15) is 30.4 Å². The van der Waals surface area contributed by atoms with Gasteiger partial charge in [0.15, 0.2) is 0 Å². The molecule has 0 aromatic carbocycles. The monoisotopic (exact) mass is 223 g/mol. The highest BCUT2D eigenvalue weighted by Crippen LogP contribution is 2.15. The molecule has 1 rings (SSSR count). The van der Waals surface area contributed by atoms with E-state index in [1.54, 1.807) is 0 Å². The third kappa shape index (κ3) is 4.21. The van der Waals surface area contributed by atoms with E-state index < -0.39 is 0 Å². The van der Waals surface area contributed by atoms with Crippen molar-refractivity contribution in [1.29, 1.82) is 0 Å². The van der Waals surface area contributed by atoms with Gasteiger partial charge in [-0.25, -0.2) is 0 Å². The normalized spacial score (nSPS) is 10.6. The summed E-state index contributed by atoms with van der Waals surface area (Å²) in [4.78, 5) is 0. The molecule has 3 nitrogen and oxygen atoms in total. The Morgan fingerprint density at radius 1 is 1.56 bits per heavy atom. The molecule has 0 amide bonds. The van der Waals surface area contributed by atoms with Gasteiger partial charge in [-0.15, -0.1) is 6.58 Å². The minimum atomic E-state index is 0.542. The first-order chi connectivity index (χ1) is 7.77. The van der Waals surface area contributed by atoms with Crippen molar-refractivity contribution in [3.8, 4) is 0 Å². The van der Waals surface area contributed by atoms with Crippen LogP contribution >= 0.6 is 0 Å². The molecule has 3 heteroatoms. The summed E-state index contributed by atoms with van der Waals surface area (Å²) in [5, 5.41) is 3.28. The van der Waals surface area contributed by atoms with Crippen molar-refractivity contribution in [2.24, 2.45) is 0 Å². The standard InChI is InChI=1S/C13H21NO2/c1-4-6-7-15-10-13-8-12(9-14-5-2)11(3)16-13/h4,8,14H,1,5-7,9-10H2,2-3H3. The number of aryl methyl sites for hydroxylation is 1. The van der Waals surface area contributed by atoms with Gasteiger partial charge in [-0.3, -0.25) is 0 Å². The highest BCUT2D eigenvalue weighted by Gasteiger charge is 2.06. The van der Waals surface area contributed by atoms with Crippen LogP contribution in [0.4, 0.5) is 0 Å².